The molecule has 0 bridgehead atoms. The minimum absolute atomic E-state index is 0.168. The van der Waals surface area contributed by atoms with Gasteiger partial charge in [0.05, 0.1) is 0 Å². The Morgan fingerprint density at radius 2 is 1.93 bits per heavy atom. The van der Waals surface area contributed by atoms with E-state index in [0.29, 0.717) is 0 Å². The highest BCUT2D eigenvalue weighted by Crippen LogP contribution is 1.92. The van der Waals surface area contributed by atoms with Crippen molar-refractivity contribution in [2.24, 2.45) is 0 Å². The zero-order chi connectivity index (χ0) is 11.4. The molecule has 0 aliphatic rings. The highest BCUT2D eigenvalue weighted by molar-refractivity contribution is 8.12. The Labute approximate surface area is 82.4 Å². The van der Waals surface area contributed by atoms with Crippen molar-refractivity contribution in [2.75, 3.05) is 6.54 Å². The van der Waals surface area contributed by atoms with E-state index in [0.717, 1.165) is 0 Å². The minimum atomic E-state index is -4.71. The first-order chi connectivity index (χ1) is 6.25. The second kappa shape index (κ2) is 5.08. The van der Waals surface area contributed by atoms with Gasteiger partial charge in [-0.15, -0.1) is 0 Å². The summed E-state index contributed by atoms with van der Waals surface area (Å²) in [6, 6.07) is 0. The quantitative estimate of drug-likeness (QED) is 0.456. The SMILES string of the molecule is CC(=O)NCCC(=S(=O)=O)S(=O)(=O)O. The summed E-state index contributed by atoms with van der Waals surface area (Å²) in [5, 5.41) is 2.19. The number of rotatable bonds is 3. The number of amides is 1. The monoisotopic (exact) mass is 243 g/mol. The van der Waals surface area contributed by atoms with Crippen molar-refractivity contribution in [2.45, 2.75) is 13.3 Å². The summed E-state index contributed by atoms with van der Waals surface area (Å²) in [6.45, 7) is 1.03. The summed E-state index contributed by atoms with van der Waals surface area (Å²) in [5.74, 6) is -0.420. The lowest BCUT2D eigenvalue weighted by atomic mass is 10.5. The van der Waals surface area contributed by atoms with Crippen molar-refractivity contribution < 1.29 is 26.2 Å². The Balaban J connectivity index is 4.64. The Morgan fingerprint density at radius 1 is 1.43 bits per heavy atom. The largest absolute Gasteiger partial charge is 0.356 e. The number of nitrogens with one attached hydrogen (secondary N) is 1. The van der Waals surface area contributed by atoms with Crippen LogP contribution in [0.15, 0.2) is 0 Å². The van der Waals surface area contributed by atoms with Crippen LogP contribution in [0.4, 0.5) is 0 Å². The molecule has 7 nitrogen and oxygen atoms in total. The molecule has 0 atom stereocenters. The molecule has 0 aromatic rings. The third-order valence-electron chi connectivity index (χ3n) is 1.18. The van der Waals surface area contributed by atoms with E-state index in [4.69, 9.17) is 4.55 Å². The van der Waals surface area contributed by atoms with E-state index in [9.17, 15) is 21.6 Å². The van der Waals surface area contributed by atoms with Gasteiger partial charge in [0.2, 0.25) is 16.2 Å². The van der Waals surface area contributed by atoms with Gasteiger partial charge in [-0.3, -0.25) is 9.35 Å². The molecule has 0 radical (unpaired) electrons. The zero-order valence-corrected chi connectivity index (χ0v) is 8.85. The standard InChI is InChI=1S/C5H9NO6S2/c1-4(7)6-3-2-5(13(8)9)14(10,11)12/h2-3H2,1H3,(H,6,7)(H,10,11,12). The Morgan fingerprint density at radius 3 is 2.21 bits per heavy atom. The predicted molar refractivity (Wildman–Crippen MR) is 48.8 cm³/mol. The van der Waals surface area contributed by atoms with E-state index < -0.39 is 36.9 Å². The van der Waals surface area contributed by atoms with Gasteiger partial charge in [0, 0.05) is 19.9 Å². The first-order valence-electron chi connectivity index (χ1n) is 3.42. The average Bonchev–Trinajstić information content (AvgIpc) is 1.94. The molecule has 0 fully saturated rings. The lowest BCUT2D eigenvalue weighted by Crippen LogP contribution is -2.26. The van der Waals surface area contributed by atoms with E-state index in [1.54, 1.807) is 0 Å². The molecule has 82 valence electrons. The van der Waals surface area contributed by atoms with Crippen LogP contribution in [0, 0.1) is 0 Å². The molecule has 0 unspecified atom stereocenters. The van der Waals surface area contributed by atoms with Gasteiger partial charge in [0.1, 0.15) is 0 Å². The molecular formula is C5H9NO6S2. The van der Waals surface area contributed by atoms with Crippen LogP contribution in [-0.4, -0.2) is 38.0 Å². The van der Waals surface area contributed by atoms with E-state index in [-0.39, 0.29) is 6.54 Å². The van der Waals surface area contributed by atoms with Gasteiger partial charge in [0.25, 0.3) is 0 Å². The summed E-state index contributed by atoms with van der Waals surface area (Å²) in [6.07, 6.45) is -0.464. The van der Waals surface area contributed by atoms with E-state index >= 15 is 0 Å². The van der Waals surface area contributed by atoms with Crippen LogP contribution in [0.5, 0.6) is 0 Å². The lowest BCUT2D eigenvalue weighted by Gasteiger charge is -2.00. The number of carbonyl (C=O) groups is 1. The zero-order valence-electron chi connectivity index (χ0n) is 7.22. The maximum atomic E-state index is 10.5. The topological polar surface area (TPSA) is 118 Å². The molecule has 0 spiro atoms. The summed E-state index contributed by atoms with van der Waals surface area (Å²) in [4.78, 5) is 10.4. The Hall–Kier alpha value is -0.930. The average molecular weight is 243 g/mol. The number of carbonyl (C=O) groups excluding carboxylic acids is 1. The maximum absolute atomic E-state index is 10.5. The molecule has 14 heavy (non-hydrogen) atoms. The highest BCUT2D eigenvalue weighted by Gasteiger charge is 2.17. The Bertz CT molecular complexity index is 437. The molecule has 9 heteroatoms. The fourth-order valence-electron chi connectivity index (χ4n) is 0.639. The number of hydrogen-bond acceptors (Lipinski definition) is 5. The van der Waals surface area contributed by atoms with E-state index in [2.05, 4.69) is 5.32 Å². The molecule has 0 saturated carbocycles. The molecule has 2 N–H and O–H groups in total. The van der Waals surface area contributed by atoms with Gasteiger partial charge in [-0.1, -0.05) is 0 Å². The van der Waals surface area contributed by atoms with Gasteiger partial charge in [0.15, 0.2) is 4.20 Å². The summed E-state index contributed by atoms with van der Waals surface area (Å²) >= 11 is 0. The highest BCUT2D eigenvalue weighted by atomic mass is 32.3. The van der Waals surface area contributed by atoms with Crippen molar-refractivity contribution in [3.8, 4) is 0 Å². The molecule has 0 aromatic carbocycles. The molecule has 0 aliphatic heterocycles. The van der Waals surface area contributed by atoms with Gasteiger partial charge in [-0.25, -0.2) is 0 Å². The van der Waals surface area contributed by atoms with Crippen LogP contribution in [0.25, 0.3) is 0 Å². The van der Waals surface area contributed by atoms with E-state index in [1.165, 1.54) is 6.92 Å². The van der Waals surface area contributed by atoms with Crippen molar-refractivity contribution in [1.82, 2.24) is 5.32 Å². The first-order valence-corrected chi connectivity index (χ1v) is 5.93. The van der Waals surface area contributed by atoms with Gasteiger partial charge in [-0.2, -0.15) is 16.8 Å². The van der Waals surface area contributed by atoms with Crippen molar-refractivity contribution in [1.29, 1.82) is 0 Å². The number of hydrogen-bond donors (Lipinski definition) is 2. The summed E-state index contributed by atoms with van der Waals surface area (Å²) in [7, 11) is -7.72. The van der Waals surface area contributed by atoms with Crippen molar-refractivity contribution in [3.05, 3.63) is 0 Å². The molecular weight excluding hydrogens is 234 g/mol. The predicted octanol–water partition coefficient (Wildman–Crippen LogP) is -1.59. The van der Waals surface area contributed by atoms with Crippen LogP contribution in [0.2, 0.25) is 0 Å². The third kappa shape index (κ3) is 4.94. The van der Waals surface area contributed by atoms with Crippen molar-refractivity contribution in [3.63, 3.8) is 0 Å². The van der Waals surface area contributed by atoms with E-state index in [1.807, 2.05) is 0 Å². The van der Waals surface area contributed by atoms with Crippen LogP contribution in [-0.2, 0) is 25.2 Å². The molecule has 1 amide bonds. The summed E-state index contributed by atoms with van der Waals surface area (Å²) < 4.78 is 49.0. The van der Waals surface area contributed by atoms with Gasteiger partial charge < -0.3 is 5.32 Å². The Kier molecular flexibility index (Phi) is 4.74. The van der Waals surface area contributed by atoms with Gasteiger partial charge >= 0.3 is 10.1 Å². The second-order valence-electron chi connectivity index (χ2n) is 2.31. The first kappa shape index (κ1) is 13.1. The lowest BCUT2D eigenvalue weighted by molar-refractivity contribution is -0.118. The van der Waals surface area contributed by atoms with Crippen LogP contribution in [0.1, 0.15) is 13.3 Å². The molecule has 0 saturated heterocycles. The van der Waals surface area contributed by atoms with Crippen LogP contribution in [0.3, 0.4) is 0 Å². The maximum Gasteiger partial charge on any atom is 0.305 e. The van der Waals surface area contributed by atoms with Crippen LogP contribution >= 0.6 is 0 Å². The fraction of sp³-hybridized carbons (Fsp3) is 0.600. The summed E-state index contributed by atoms with van der Waals surface area (Å²) in [5.41, 5.74) is 0. The normalized spacial score (nSPS) is 10.7. The fourth-order valence-corrected chi connectivity index (χ4v) is 1.96. The third-order valence-corrected chi connectivity index (χ3v) is 3.57. The minimum Gasteiger partial charge on any atom is -0.356 e. The molecule has 0 aromatic heterocycles. The smallest absolute Gasteiger partial charge is 0.305 e. The molecule has 0 aliphatic carbocycles. The van der Waals surface area contributed by atoms with Crippen LogP contribution < -0.4 is 5.32 Å². The van der Waals surface area contributed by atoms with Gasteiger partial charge in [-0.05, 0) is 0 Å². The second-order valence-corrected chi connectivity index (χ2v) is 4.98. The molecule has 0 heterocycles. The molecule has 0 rings (SSSR count). The van der Waals surface area contributed by atoms with Crippen molar-refractivity contribution >= 4 is 30.5 Å².